The number of amides is 1. The Labute approximate surface area is 175 Å². The Balaban J connectivity index is 1.72. The van der Waals surface area contributed by atoms with Crippen LogP contribution in [0.15, 0.2) is 64.0 Å². The molecule has 0 aliphatic rings. The van der Waals surface area contributed by atoms with Gasteiger partial charge in [0.15, 0.2) is 0 Å². The molecule has 1 heterocycles. The minimum atomic E-state index is -3.62. The summed E-state index contributed by atoms with van der Waals surface area (Å²) in [6, 6.07) is 15.2. The van der Waals surface area contributed by atoms with Crippen LogP contribution < -0.4 is 10.0 Å². The summed E-state index contributed by atoms with van der Waals surface area (Å²) in [6.45, 7) is 2.42. The van der Waals surface area contributed by atoms with Gasteiger partial charge < -0.3 is 14.6 Å². The van der Waals surface area contributed by atoms with Crippen LogP contribution in [0.5, 0.6) is 0 Å². The van der Waals surface area contributed by atoms with Gasteiger partial charge in [-0.15, -0.1) is 0 Å². The van der Waals surface area contributed by atoms with E-state index in [2.05, 4.69) is 15.2 Å². The molecule has 2 aromatic carbocycles. The van der Waals surface area contributed by atoms with Crippen molar-refractivity contribution < 1.29 is 22.5 Å². The highest BCUT2D eigenvalue weighted by Crippen LogP contribution is 2.26. The lowest BCUT2D eigenvalue weighted by Crippen LogP contribution is -2.25. The molecule has 3 aromatic rings. The number of rotatable bonds is 9. The summed E-state index contributed by atoms with van der Waals surface area (Å²) in [6.07, 6.45) is 0.575. The van der Waals surface area contributed by atoms with Crippen LogP contribution in [0.3, 0.4) is 0 Å². The van der Waals surface area contributed by atoms with E-state index in [1.54, 1.807) is 14.0 Å². The van der Waals surface area contributed by atoms with Crippen LogP contribution in [0, 0.1) is 6.92 Å². The summed E-state index contributed by atoms with van der Waals surface area (Å²) < 4.78 is 37.2. The summed E-state index contributed by atoms with van der Waals surface area (Å²) in [5.41, 5.74) is 2.00. The largest absolute Gasteiger partial charge is 0.385 e. The van der Waals surface area contributed by atoms with Gasteiger partial charge in [-0.1, -0.05) is 35.5 Å². The predicted octanol–water partition coefficient (Wildman–Crippen LogP) is 3.22. The summed E-state index contributed by atoms with van der Waals surface area (Å²) >= 11 is 0. The van der Waals surface area contributed by atoms with Crippen molar-refractivity contribution in [1.29, 1.82) is 0 Å². The number of sulfonamides is 1. The van der Waals surface area contributed by atoms with Gasteiger partial charge >= 0.3 is 0 Å². The van der Waals surface area contributed by atoms with Gasteiger partial charge in [0.1, 0.15) is 17.0 Å². The molecule has 9 heteroatoms. The molecule has 0 unspecified atom stereocenters. The van der Waals surface area contributed by atoms with Gasteiger partial charge in [-0.2, -0.15) is 0 Å². The molecule has 30 heavy (non-hydrogen) atoms. The van der Waals surface area contributed by atoms with E-state index in [-0.39, 0.29) is 17.3 Å². The molecule has 0 aliphatic carbocycles. The molecule has 8 nitrogen and oxygen atoms in total. The van der Waals surface area contributed by atoms with Crippen LogP contribution >= 0.6 is 0 Å². The van der Waals surface area contributed by atoms with Gasteiger partial charge in [-0.25, -0.2) is 13.1 Å². The molecule has 0 radical (unpaired) electrons. The lowest BCUT2D eigenvalue weighted by molar-refractivity contribution is 0.102. The highest BCUT2D eigenvalue weighted by atomic mass is 32.2. The molecule has 0 spiro atoms. The molecule has 0 fully saturated rings. The SMILES string of the molecule is COCCCNS(=O)(=O)c1ccc(NC(=O)c2c(-c3ccccc3)noc2C)cc1. The molecule has 0 atom stereocenters. The lowest BCUT2D eigenvalue weighted by atomic mass is 10.1. The molecule has 0 aliphatic heterocycles. The van der Waals surface area contributed by atoms with E-state index in [0.29, 0.717) is 35.7 Å². The number of benzene rings is 2. The fourth-order valence-electron chi connectivity index (χ4n) is 2.85. The summed E-state index contributed by atoms with van der Waals surface area (Å²) in [5.74, 6) is 0.00621. The number of hydrogen-bond donors (Lipinski definition) is 2. The zero-order chi connectivity index (χ0) is 21.6. The average molecular weight is 429 g/mol. The highest BCUT2D eigenvalue weighted by Gasteiger charge is 2.22. The number of carbonyl (C=O) groups is 1. The smallest absolute Gasteiger partial charge is 0.261 e. The molecule has 3 rings (SSSR count). The summed E-state index contributed by atoms with van der Waals surface area (Å²) in [5, 5.41) is 6.77. The third kappa shape index (κ3) is 5.12. The maximum absolute atomic E-state index is 12.8. The maximum Gasteiger partial charge on any atom is 0.261 e. The van der Waals surface area contributed by atoms with E-state index in [0.717, 1.165) is 5.56 Å². The first-order valence-electron chi connectivity index (χ1n) is 9.34. The maximum atomic E-state index is 12.8. The number of methoxy groups -OCH3 is 1. The minimum Gasteiger partial charge on any atom is -0.385 e. The molecule has 0 saturated carbocycles. The molecule has 1 amide bonds. The Morgan fingerprint density at radius 2 is 1.80 bits per heavy atom. The highest BCUT2D eigenvalue weighted by molar-refractivity contribution is 7.89. The van der Waals surface area contributed by atoms with Gasteiger partial charge in [-0.3, -0.25) is 4.79 Å². The van der Waals surface area contributed by atoms with E-state index in [4.69, 9.17) is 9.26 Å². The normalized spacial score (nSPS) is 11.4. The molecule has 0 bridgehead atoms. The summed E-state index contributed by atoms with van der Waals surface area (Å²) in [4.78, 5) is 12.9. The molecule has 2 N–H and O–H groups in total. The number of aromatic nitrogens is 1. The number of hydrogen-bond acceptors (Lipinski definition) is 6. The first kappa shape index (κ1) is 21.7. The van der Waals surface area contributed by atoms with Crippen LogP contribution in [0.4, 0.5) is 5.69 Å². The van der Waals surface area contributed by atoms with Gasteiger partial charge in [0.2, 0.25) is 10.0 Å². The number of ether oxygens (including phenoxy) is 1. The zero-order valence-electron chi connectivity index (χ0n) is 16.7. The van der Waals surface area contributed by atoms with Crippen molar-refractivity contribution in [2.75, 3.05) is 25.6 Å². The van der Waals surface area contributed by atoms with Crippen molar-refractivity contribution in [3.05, 3.63) is 65.9 Å². The van der Waals surface area contributed by atoms with E-state index in [9.17, 15) is 13.2 Å². The molecular weight excluding hydrogens is 406 g/mol. The first-order valence-corrected chi connectivity index (χ1v) is 10.8. The number of nitrogens with one attached hydrogen (secondary N) is 2. The van der Waals surface area contributed by atoms with E-state index >= 15 is 0 Å². The molecule has 1 aromatic heterocycles. The van der Waals surface area contributed by atoms with E-state index < -0.39 is 10.0 Å². The third-order valence-corrected chi connectivity index (χ3v) is 5.85. The Morgan fingerprint density at radius 1 is 1.10 bits per heavy atom. The van der Waals surface area contributed by atoms with Crippen molar-refractivity contribution in [1.82, 2.24) is 9.88 Å². The van der Waals surface area contributed by atoms with Gasteiger partial charge in [0, 0.05) is 31.5 Å². The van der Waals surface area contributed by atoms with E-state index in [1.165, 1.54) is 24.3 Å². The number of carbonyl (C=O) groups excluding carboxylic acids is 1. The Kier molecular flexibility index (Phi) is 6.99. The summed E-state index contributed by atoms with van der Waals surface area (Å²) in [7, 11) is -2.06. The quantitative estimate of drug-likeness (QED) is 0.505. The average Bonchev–Trinajstić information content (AvgIpc) is 3.14. The number of aryl methyl sites for hydroxylation is 1. The van der Waals surface area contributed by atoms with Crippen molar-refractivity contribution in [2.24, 2.45) is 0 Å². The third-order valence-electron chi connectivity index (χ3n) is 4.38. The first-order chi connectivity index (χ1) is 14.4. The number of nitrogens with zero attached hydrogens (tertiary/aromatic N) is 1. The second kappa shape index (κ2) is 9.66. The van der Waals surface area contributed by atoms with Gasteiger partial charge in [0.05, 0.1) is 4.90 Å². The predicted molar refractivity (Wildman–Crippen MR) is 113 cm³/mol. The van der Waals surface area contributed by atoms with Crippen molar-refractivity contribution >= 4 is 21.6 Å². The molecular formula is C21H23N3O5S. The fraction of sp³-hybridized carbons (Fsp3) is 0.238. The number of anilines is 1. The Morgan fingerprint density at radius 3 is 2.47 bits per heavy atom. The lowest BCUT2D eigenvalue weighted by Gasteiger charge is -2.09. The minimum absolute atomic E-state index is 0.115. The van der Waals surface area contributed by atoms with Gasteiger partial charge in [-0.05, 0) is 37.6 Å². The monoisotopic (exact) mass is 429 g/mol. The van der Waals surface area contributed by atoms with Crippen LogP contribution in [0.2, 0.25) is 0 Å². The van der Waals surface area contributed by atoms with Crippen LogP contribution in [0.25, 0.3) is 11.3 Å². The standard InChI is InChI=1S/C21H23N3O5S/c1-15-19(20(24-29-15)16-7-4-3-5-8-16)21(25)23-17-9-11-18(12-10-17)30(26,27)22-13-6-14-28-2/h3-5,7-12,22H,6,13-14H2,1-2H3,(H,23,25). The van der Waals surface area contributed by atoms with Crippen LogP contribution in [-0.4, -0.2) is 39.7 Å². The van der Waals surface area contributed by atoms with Gasteiger partial charge in [0.25, 0.3) is 5.91 Å². The Hall–Kier alpha value is -3.01. The topological polar surface area (TPSA) is 111 Å². The van der Waals surface area contributed by atoms with Crippen molar-refractivity contribution in [3.8, 4) is 11.3 Å². The van der Waals surface area contributed by atoms with E-state index in [1.807, 2.05) is 30.3 Å². The van der Waals surface area contributed by atoms with Crippen molar-refractivity contribution in [3.63, 3.8) is 0 Å². The zero-order valence-corrected chi connectivity index (χ0v) is 17.5. The van der Waals surface area contributed by atoms with Crippen LogP contribution in [-0.2, 0) is 14.8 Å². The fourth-order valence-corrected chi connectivity index (χ4v) is 3.92. The molecule has 158 valence electrons. The van der Waals surface area contributed by atoms with Crippen molar-refractivity contribution in [2.45, 2.75) is 18.2 Å². The second-order valence-electron chi connectivity index (χ2n) is 6.55. The van der Waals surface area contributed by atoms with Crippen LogP contribution in [0.1, 0.15) is 22.5 Å². The molecule has 0 saturated heterocycles. The second-order valence-corrected chi connectivity index (χ2v) is 8.32. The Bertz CT molecular complexity index is 1090.